The molecule has 0 N–H and O–H groups in total. The molecule has 0 saturated heterocycles. The lowest BCUT2D eigenvalue weighted by Crippen LogP contribution is -2.39. The van der Waals surface area contributed by atoms with E-state index in [1.165, 1.54) is 28.9 Å². The Labute approximate surface area is 217 Å². The minimum absolute atomic E-state index is 0.0487. The third-order valence-corrected chi connectivity index (χ3v) is 6.49. The molecule has 1 unspecified atom stereocenters. The normalized spacial score (nSPS) is 15.0. The molecule has 37 heavy (non-hydrogen) atoms. The van der Waals surface area contributed by atoms with Crippen molar-refractivity contribution in [3.63, 3.8) is 0 Å². The lowest BCUT2D eigenvalue weighted by atomic mass is 9.96. The van der Waals surface area contributed by atoms with Gasteiger partial charge in [0.05, 0.1) is 28.5 Å². The molecule has 1 aliphatic heterocycles. The fourth-order valence-corrected chi connectivity index (χ4v) is 5.07. The number of carbonyl (C=O) groups is 2. The molecule has 0 amide bonds. The van der Waals surface area contributed by atoms with Gasteiger partial charge in [0.15, 0.2) is 16.3 Å². The molecule has 9 heteroatoms. The number of benzene rings is 2. The van der Waals surface area contributed by atoms with Crippen molar-refractivity contribution in [3.05, 3.63) is 103 Å². The summed E-state index contributed by atoms with van der Waals surface area (Å²) < 4.78 is 18.1. The molecule has 0 fully saturated rings. The number of rotatable bonds is 8. The van der Waals surface area contributed by atoms with Crippen LogP contribution in [0.3, 0.4) is 0 Å². The smallest absolute Gasteiger partial charge is 0.338 e. The molecular weight excluding hydrogens is 492 g/mol. The minimum Gasteiger partial charge on any atom is -0.490 e. The Morgan fingerprint density at radius 2 is 1.92 bits per heavy atom. The van der Waals surface area contributed by atoms with Crippen LogP contribution in [-0.2, 0) is 14.3 Å². The Morgan fingerprint density at radius 1 is 1.16 bits per heavy atom. The van der Waals surface area contributed by atoms with Crippen LogP contribution in [0.25, 0.3) is 6.08 Å². The van der Waals surface area contributed by atoms with E-state index in [1.807, 2.05) is 37.3 Å². The van der Waals surface area contributed by atoms with E-state index in [9.17, 15) is 14.4 Å². The van der Waals surface area contributed by atoms with E-state index in [-0.39, 0.29) is 12.2 Å². The van der Waals surface area contributed by atoms with Crippen LogP contribution in [0.5, 0.6) is 11.5 Å². The topological polar surface area (TPSA) is 96.2 Å². The van der Waals surface area contributed by atoms with Crippen molar-refractivity contribution in [2.24, 2.45) is 4.99 Å². The second-order valence-electron chi connectivity index (χ2n) is 8.11. The largest absolute Gasteiger partial charge is 0.490 e. The monoisotopic (exact) mass is 518 g/mol. The van der Waals surface area contributed by atoms with E-state index in [0.29, 0.717) is 44.3 Å². The van der Waals surface area contributed by atoms with E-state index in [1.54, 1.807) is 31.2 Å². The van der Waals surface area contributed by atoms with Gasteiger partial charge in [0, 0.05) is 6.92 Å². The van der Waals surface area contributed by atoms with Crippen LogP contribution in [0.2, 0.25) is 0 Å². The molecule has 1 aromatic heterocycles. The predicted molar refractivity (Wildman–Crippen MR) is 140 cm³/mol. The standard InChI is InChI=1S/C28H26N2O6S/c1-5-14-35-27(33)24-17(3)29-28-30(25(24)20-10-8-7-9-11-20)26(32)23(37-28)16-19-12-13-21(36-18(4)31)22(15-19)34-6-2/h5,7-13,15-16,25H,1,6,14H2,2-4H3. The van der Waals surface area contributed by atoms with Gasteiger partial charge in [-0.1, -0.05) is 60.4 Å². The summed E-state index contributed by atoms with van der Waals surface area (Å²) >= 11 is 1.22. The summed E-state index contributed by atoms with van der Waals surface area (Å²) in [6, 6.07) is 13.7. The van der Waals surface area contributed by atoms with Crippen molar-refractivity contribution < 1.29 is 23.8 Å². The fourth-order valence-electron chi connectivity index (χ4n) is 4.02. The molecule has 3 aromatic rings. The molecule has 1 atom stereocenters. The van der Waals surface area contributed by atoms with Gasteiger partial charge in [-0.3, -0.25) is 14.2 Å². The third-order valence-electron chi connectivity index (χ3n) is 5.51. The fraction of sp³-hybridized carbons (Fsp3) is 0.214. The summed E-state index contributed by atoms with van der Waals surface area (Å²) in [6.07, 6.45) is 3.21. The average molecular weight is 519 g/mol. The first-order chi connectivity index (χ1) is 17.8. The third kappa shape index (κ3) is 5.46. The first kappa shape index (κ1) is 25.8. The lowest BCUT2D eigenvalue weighted by molar-refractivity contribution is -0.138. The van der Waals surface area contributed by atoms with Crippen LogP contribution in [0.1, 0.15) is 37.9 Å². The lowest BCUT2D eigenvalue weighted by Gasteiger charge is -2.24. The van der Waals surface area contributed by atoms with Crippen molar-refractivity contribution in [3.8, 4) is 11.5 Å². The van der Waals surface area contributed by atoms with E-state index in [2.05, 4.69) is 11.6 Å². The number of fused-ring (bicyclic) bond motifs is 1. The van der Waals surface area contributed by atoms with Crippen LogP contribution >= 0.6 is 11.3 Å². The molecule has 2 aromatic carbocycles. The summed E-state index contributed by atoms with van der Waals surface area (Å²) in [7, 11) is 0. The number of aromatic nitrogens is 1. The van der Waals surface area contributed by atoms with Crippen LogP contribution in [0.15, 0.2) is 82.2 Å². The van der Waals surface area contributed by atoms with Gasteiger partial charge in [0.2, 0.25) is 0 Å². The SMILES string of the molecule is C=CCOC(=O)C1=C(C)N=c2sc(=Cc3ccc(OC(C)=O)c(OCC)c3)c(=O)n2C1c1ccccc1. The first-order valence-corrected chi connectivity index (χ1v) is 12.5. The van der Waals surface area contributed by atoms with E-state index < -0.39 is 18.0 Å². The highest BCUT2D eigenvalue weighted by Crippen LogP contribution is 2.31. The van der Waals surface area contributed by atoms with Crippen molar-refractivity contribution >= 4 is 29.4 Å². The van der Waals surface area contributed by atoms with Crippen LogP contribution in [-0.4, -0.2) is 29.7 Å². The van der Waals surface area contributed by atoms with Crippen LogP contribution < -0.4 is 24.4 Å². The van der Waals surface area contributed by atoms with Gasteiger partial charge in [-0.25, -0.2) is 9.79 Å². The number of nitrogens with zero attached hydrogens (tertiary/aromatic N) is 2. The number of allylic oxidation sites excluding steroid dienone is 1. The summed E-state index contributed by atoms with van der Waals surface area (Å²) in [5.74, 6) is -0.313. The van der Waals surface area contributed by atoms with Gasteiger partial charge in [-0.15, -0.1) is 0 Å². The molecule has 190 valence electrons. The average Bonchev–Trinajstić information content (AvgIpc) is 3.17. The molecule has 8 nitrogen and oxygen atoms in total. The summed E-state index contributed by atoms with van der Waals surface area (Å²) in [6.45, 7) is 8.90. The van der Waals surface area contributed by atoms with Crippen molar-refractivity contribution in [2.75, 3.05) is 13.2 Å². The zero-order valence-corrected chi connectivity index (χ0v) is 21.5. The maximum Gasteiger partial charge on any atom is 0.338 e. The maximum atomic E-state index is 13.7. The highest BCUT2D eigenvalue weighted by Gasteiger charge is 2.33. The molecule has 1 aliphatic rings. The van der Waals surface area contributed by atoms with Gasteiger partial charge in [0.1, 0.15) is 6.61 Å². The van der Waals surface area contributed by atoms with Gasteiger partial charge < -0.3 is 14.2 Å². The number of hydrogen-bond acceptors (Lipinski definition) is 8. The predicted octanol–water partition coefficient (Wildman–Crippen LogP) is 3.29. The van der Waals surface area contributed by atoms with E-state index in [4.69, 9.17) is 14.2 Å². The van der Waals surface area contributed by atoms with Gasteiger partial charge >= 0.3 is 11.9 Å². The molecular formula is C28H26N2O6S. The second-order valence-corrected chi connectivity index (χ2v) is 9.12. The van der Waals surface area contributed by atoms with Crippen LogP contribution in [0.4, 0.5) is 0 Å². The number of hydrogen-bond donors (Lipinski definition) is 0. The molecule has 0 radical (unpaired) electrons. The summed E-state index contributed by atoms with van der Waals surface area (Å²) in [5.41, 5.74) is 1.94. The summed E-state index contributed by atoms with van der Waals surface area (Å²) in [5, 5.41) is 0. The highest BCUT2D eigenvalue weighted by molar-refractivity contribution is 7.07. The van der Waals surface area contributed by atoms with Crippen molar-refractivity contribution in [1.82, 2.24) is 4.57 Å². The zero-order valence-electron chi connectivity index (χ0n) is 20.7. The van der Waals surface area contributed by atoms with E-state index in [0.717, 1.165) is 5.56 Å². The Kier molecular flexibility index (Phi) is 7.83. The maximum absolute atomic E-state index is 13.7. The van der Waals surface area contributed by atoms with E-state index >= 15 is 0 Å². The number of thiazole rings is 1. The molecule has 0 aliphatic carbocycles. The van der Waals surface area contributed by atoms with Crippen molar-refractivity contribution in [2.45, 2.75) is 26.8 Å². The zero-order chi connectivity index (χ0) is 26.5. The Balaban J connectivity index is 1.86. The van der Waals surface area contributed by atoms with Crippen molar-refractivity contribution in [1.29, 1.82) is 0 Å². The van der Waals surface area contributed by atoms with Crippen LogP contribution in [0, 0.1) is 0 Å². The minimum atomic E-state index is -0.692. The second kappa shape index (κ2) is 11.2. The highest BCUT2D eigenvalue weighted by atomic mass is 32.1. The molecule has 0 bridgehead atoms. The molecule has 0 spiro atoms. The quantitative estimate of drug-likeness (QED) is 0.258. The number of ether oxygens (including phenoxy) is 3. The van der Waals surface area contributed by atoms with Gasteiger partial charge in [-0.2, -0.15) is 0 Å². The Hall–Kier alpha value is -4.24. The van der Waals surface area contributed by atoms with Gasteiger partial charge in [0.25, 0.3) is 5.56 Å². The number of carbonyl (C=O) groups excluding carboxylic acids is 2. The molecule has 2 heterocycles. The summed E-state index contributed by atoms with van der Waals surface area (Å²) in [4.78, 5) is 43.2. The molecule has 4 rings (SSSR count). The Morgan fingerprint density at radius 3 is 2.59 bits per heavy atom. The molecule has 0 saturated carbocycles. The Bertz CT molecular complexity index is 1570. The van der Waals surface area contributed by atoms with Gasteiger partial charge in [-0.05, 0) is 43.2 Å². The number of esters is 2. The first-order valence-electron chi connectivity index (χ1n) is 11.6.